The summed E-state index contributed by atoms with van der Waals surface area (Å²) in [6, 6.07) is 3.79. The van der Waals surface area contributed by atoms with Crippen LogP contribution in [0.5, 0.6) is 0 Å². The van der Waals surface area contributed by atoms with E-state index in [0.29, 0.717) is 11.4 Å². The van der Waals surface area contributed by atoms with Gasteiger partial charge in [-0.3, -0.25) is 0 Å². The molecule has 0 aliphatic rings. The molecule has 1 aromatic carbocycles. The molecule has 0 aliphatic heterocycles. The van der Waals surface area contributed by atoms with Gasteiger partial charge < -0.3 is 16.9 Å². The zero-order chi connectivity index (χ0) is 7.72. The van der Waals surface area contributed by atoms with Gasteiger partial charge in [-0.15, -0.1) is 0 Å². The van der Waals surface area contributed by atoms with E-state index in [0.717, 1.165) is 0 Å². The van der Waals surface area contributed by atoms with Crippen LogP contribution in [0.3, 0.4) is 0 Å². The first-order chi connectivity index (χ1) is 4.61. The highest BCUT2D eigenvalue weighted by Gasteiger charge is 1.96. The highest BCUT2D eigenvalue weighted by molar-refractivity contribution is 5.65. The van der Waals surface area contributed by atoms with Crippen LogP contribution in [0.15, 0.2) is 12.1 Å². The maximum atomic E-state index is 5.56. The molecular formula is C8H14N2O. The van der Waals surface area contributed by atoms with E-state index < -0.39 is 0 Å². The molecule has 1 aromatic rings. The second-order valence-electron chi connectivity index (χ2n) is 2.57. The SMILES string of the molecule is Cc1cc(N)c(N)cc1C.O. The van der Waals surface area contributed by atoms with Gasteiger partial charge in [-0.05, 0) is 37.1 Å². The summed E-state index contributed by atoms with van der Waals surface area (Å²) in [6.45, 7) is 4.04. The zero-order valence-electron chi connectivity index (χ0n) is 6.81. The predicted octanol–water partition coefficient (Wildman–Crippen LogP) is 0.643. The van der Waals surface area contributed by atoms with Gasteiger partial charge in [0.1, 0.15) is 0 Å². The van der Waals surface area contributed by atoms with Crippen molar-refractivity contribution in [1.82, 2.24) is 0 Å². The molecule has 6 N–H and O–H groups in total. The molecule has 3 heteroatoms. The van der Waals surface area contributed by atoms with E-state index in [2.05, 4.69) is 0 Å². The molecule has 0 aromatic heterocycles. The minimum absolute atomic E-state index is 0. The number of aryl methyl sites for hydroxylation is 2. The van der Waals surface area contributed by atoms with Crippen LogP contribution in [0.25, 0.3) is 0 Å². The summed E-state index contributed by atoms with van der Waals surface area (Å²) in [5.41, 5.74) is 14.8. The first-order valence-corrected chi connectivity index (χ1v) is 3.23. The molecule has 0 amide bonds. The van der Waals surface area contributed by atoms with Gasteiger partial charge in [-0.25, -0.2) is 0 Å². The Morgan fingerprint density at radius 1 is 0.909 bits per heavy atom. The maximum absolute atomic E-state index is 5.56. The Hall–Kier alpha value is -1.22. The van der Waals surface area contributed by atoms with Gasteiger partial charge in [0.25, 0.3) is 0 Å². The quantitative estimate of drug-likeness (QED) is 0.537. The first kappa shape index (κ1) is 9.78. The Balaban J connectivity index is 0.000001000. The largest absolute Gasteiger partial charge is 0.412 e. The number of hydrogen-bond donors (Lipinski definition) is 2. The van der Waals surface area contributed by atoms with Crippen LogP contribution in [0.1, 0.15) is 11.1 Å². The van der Waals surface area contributed by atoms with Crippen molar-refractivity contribution in [2.45, 2.75) is 13.8 Å². The van der Waals surface area contributed by atoms with E-state index in [4.69, 9.17) is 11.5 Å². The fraction of sp³-hybridized carbons (Fsp3) is 0.250. The van der Waals surface area contributed by atoms with Gasteiger partial charge in [0, 0.05) is 0 Å². The lowest BCUT2D eigenvalue weighted by molar-refractivity contribution is 0.824. The van der Waals surface area contributed by atoms with Gasteiger partial charge >= 0.3 is 0 Å². The first-order valence-electron chi connectivity index (χ1n) is 3.23. The van der Waals surface area contributed by atoms with Crippen molar-refractivity contribution in [3.63, 3.8) is 0 Å². The van der Waals surface area contributed by atoms with Crippen LogP contribution in [0.2, 0.25) is 0 Å². The molecule has 1 rings (SSSR count). The third kappa shape index (κ3) is 1.85. The highest BCUT2D eigenvalue weighted by atomic mass is 16.0. The van der Waals surface area contributed by atoms with E-state index >= 15 is 0 Å². The Morgan fingerprint density at radius 3 is 1.45 bits per heavy atom. The Labute approximate surface area is 66.3 Å². The van der Waals surface area contributed by atoms with Crippen molar-refractivity contribution in [3.8, 4) is 0 Å². The fourth-order valence-electron chi connectivity index (χ4n) is 0.861. The molecule has 0 heterocycles. The third-order valence-corrected chi connectivity index (χ3v) is 1.70. The van der Waals surface area contributed by atoms with E-state index in [-0.39, 0.29) is 5.48 Å². The number of nitrogen functional groups attached to an aromatic ring is 2. The third-order valence-electron chi connectivity index (χ3n) is 1.70. The second kappa shape index (κ2) is 3.25. The monoisotopic (exact) mass is 154 g/mol. The van der Waals surface area contributed by atoms with E-state index in [1.54, 1.807) is 0 Å². The van der Waals surface area contributed by atoms with Crippen LogP contribution in [-0.2, 0) is 0 Å². The molecule has 0 saturated carbocycles. The van der Waals surface area contributed by atoms with Gasteiger partial charge in [0.2, 0.25) is 0 Å². The lowest BCUT2D eigenvalue weighted by Crippen LogP contribution is -1.96. The van der Waals surface area contributed by atoms with Crippen molar-refractivity contribution in [2.24, 2.45) is 0 Å². The molecule has 0 radical (unpaired) electrons. The molecule has 0 spiro atoms. The van der Waals surface area contributed by atoms with Gasteiger partial charge in [-0.1, -0.05) is 0 Å². The molecule has 0 bridgehead atoms. The van der Waals surface area contributed by atoms with E-state index in [9.17, 15) is 0 Å². The number of benzene rings is 1. The molecule has 0 aliphatic carbocycles. The van der Waals surface area contributed by atoms with Gasteiger partial charge in [0.05, 0.1) is 11.4 Å². The summed E-state index contributed by atoms with van der Waals surface area (Å²) in [6.07, 6.45) is 0. The van der Waals surface area contributed by atoms with Gasteiger partial charge in [0.15, 0.2) is 0 Å². The fourth-order valence-corrected chi connectivity index (χ4v) is 0.861. The molecule has 11 heavy (non-hydrogen) atoms. The second-order valence-corrected chi connectivity index (χ2v) is 2.57. The topological polar surface area (TPSA) is 83.5 Å². The lowest BCUT2D eigenvalue weighted by Gasteiger charge is -2.03. The number of rotatable bonds is 0. The number of anilines is 2. The van der Waals surface area contributed by atoms with Crippen LogP contribution in [0.4, 0.5) is 11.4 Å². The highest BCUT2D eigenvalue weighted by Crippen LogP contribution is 2.18. The Bertz CT molecular complexity index is 208. The lowest BCUT2D eigenvalue weighted by atomic mass is 10.1. The predicted molar refractivity (Wildman–Crippen MR) is 48.4 cm³/mol. The van der Waals surface area contributed by atoms with Crippen molar-refractivity contribution in [2.75, 3.05) is 11.5 Å². The summed E-state index contributed by atoms with van der Waals surface area (Å²) in [4.78, 5) is 0. The Kier molecular flexibility index (Phi) is 2.89. The van der Waals surface area contributed by atoms with E-state index in [1.807, 2.05) is 26.0 Å². The van der Waals surface area contributed by atoms with Crippen molar-refractivity contribution < 1.29 is 5.48 Å². The minimum Gasteiger partial charge on any atom is -0.412 e. The standard InChI is InChI=1S/C8H12N2.H2O/c1-5-3-7(9)8(10)4-6(5)2;/h3-4H,9-10H2,1-2H3;1H2. The molecule has 62 valence electrons. The Morgan fingerprint density at radius 2 is 1.18 bits per heavy atom. The van der Waals surface area contributed by atoms with Crippen LogP contribution in [0, 0.1) is 13.8 Å². The average molecular weight is 154 g/mol. The molecule has 0 saturated heterocycles. The number of hydrogen-bond acceptors (Lipinski definition) is 2. The van der Waals surface area contributed by atoms with E-state index in [1.165, 1.54) is 11.1 Å². The summed E-state index contributed by atoms with van der Waals surface area (Å²) in [7, 11) is 0. The zero-order valence-corrected chi connectivity index (χ0v) is 6.81. The van der Waals surface area contributed by atoms with Crippen molar-refractivity contribution >= 4 is 11.4 Å². The summed E-state index contributed by atoms with van der Waals surface area (Å²) in [5, 5.41) is 0. The minimum atomic E-state index is 0. The summed E-state index contributed by atoms with van der Waals surface area (Å²) < 4.78 is 0. The maximum Gasteiger partial charge on any atom is 0.0550 e. The summed E-state index contributed by atoms with van der Waals surface area (Å²) in [5.74, 6) is 0. The van der Waals surface area contributed by atoms with Crippen molar-refractivity contribution in [1.29, 1.82) is 0 Å². The van der Waals surface area contributed by atoms with Crippen LogP contribution in [-0.4, -0.2) is 5.48 Å². The molecule has 0 unspecified atom stereocenters. The molecule has 0 atom stereocenters. The molecular weight excluding hydrogens is 140 g/mol. The smallest absolute Gasteiger partial charge is 0.0550 e. The number of nitrogens with two attached hydrogens (primary N) is 2. The van der Waals surface area contributed by atoms with Crippen LogP contribution >= 0.6 is 0 Å². The van der Waals surface area contributed by atoms with Crippen LogP contribution < -0.4 is 11.5 Å². The van der Waals surface area contributed by atoms with Gasteiger partial charge in [-0.2, -0.15) is 0 Å². The average Bonchev–Trinajstić information content (AvgIpc) is 1.84. The molecule has 0 fully saturated rings. The van der Waals surface area contributed by atoms with Crippen molar-refractivity contribution in [3.05, 3.63) is 23.3 Å². The molecule has 3 nitrogen and oxygen atoms in total. The normalized spacial score (nSPS) is 8.91. The summed E-state index contributed by atoms with van der Waals surface area (Å²) >= 11 is 0.